The minimum Gasteiger partial charge on any atom is -0.389 e. The van der Waals surface area contributed by atoms with Gasteiger partial charge in [0.15, 0.2) is 0 Å². The van der Waals surface area contributed by atoms with Crippen molar-refractivity contribution < 1.29 is 9.59 Å². The number of carbonyl (C=O) groups is 2. The molecule has 0 saturated carbocycles. The average molecular weight is 306 g/mol. The van der Waals surface area contributed by atoms with Crippen LogP contribution in [0.3, 0.4) is 0 Å². The fourth-order valence-corrected chi connectivity index (χ4v) is 2.28. The van der Waals surface area contributed by atoms with Crippen LogP contribution >= 0.6 is 12.2 Å². The lowest BCUT2D eigenvalue weighted by Crippen LogP contribution is -2.38. The van der Waals surface area contributed by atoms with Gasteiger partial charge < -0.3 is 16.4 Å². The zero-order valence-electron chi connectivity index (χ0n) is 11.6. The van der Waals surface area contributed by atoms with Gasteiger partial charge in [-0.3, -0.25) is 14.5 Å². The molecule has 0 unspecified atom stereocenters. The maximum absolute atomic E-state index is 12.0. The number of thiocarbonyl (C=S) groups is 1. The summed E-state index contributed by atoms with van der Waals surface area (Å²) < 4.78 is 0. The first-order valence-corrected chi connectivity index (χ1v) is 7.14. The zero-order valence-corrected chi connectivity index (χ0v) is 12.4. The third-order valence-corrected chi connectivity index (χ3v) is 3.37. The van der Waals surface area contributed by atoms with E-state index in [1.54, 1.807) is 24.3 Å². The van der Waals surface area contributed by atoms with Crippen molar-refractivity contribution in [3.63, 3.8) is 0 Å². The molecule has 0 radical (unpaired) electrons. The standard InChI is InChI=1S/C14H18N4O2S/c15-14(21)10-3-1-4-11(7-10)17-13(20)9-18-6-2-5-16-12(19)8-18/h1,3-4,7H,2,5-6,8-9H2,(H2,15,21)(H,16,19)(H,17,20). The van der Waals surface area contributed by atoms with Crippen molar-refractivity contribution in [3.05, 3.63) is 29.8 Å². The number of nitrogens with zero attached hydrogens (tertiary/aromatic N) is 1. The van der Waals surface area contributed by atoms with Crippen LogP contribution in [0.15, 0.2) is 24.3 Å². The summed E-state index contributed by atoms with van der Waals surface area (Å²) in [7, 11) is 0. The van der Waals surface area contributed by atoms with Crippen molar-refractivity contribution in [3.8, 4) is 0 Å². The van der Waals surface area contributed by atoms with Gasteiger partial charge in [0.25, 0.3) is 0 Å². The highest BCUT2D eigenvalue weighted by Crippen LogP contribution is 2.10. The summed E-state index contributed by atoms with van der Waals surface area (Å²) in [4.78, 5) is 25.6. The Hall–Kier alpha value is -1.99. The number of nitrogens with one attached hydrogen (secondary N) is 2. The number of hydrogen-bond donors (Lipinski definition) is 3. The summed E-state index contributed by atoms with van der Waals surface area (Å²) in [6.45, 7) is 1.82. The molecule has 4 N–H and O–H groups in total. The summed E-state index contributed by atoms with van der Waals surface area (Å²) >= 11 is 4.91. The van der Waals surface area contributed by atoms with Crippen LogP contribution in [0.25, 0.3) is 0 Å². The van der Waals surface area contributed by atoms with Gasteiger partial charge in [-0.25, -0.2) is 0 Å². The van der Waals surface area contributed by atoms with Crippen molar-refractivity contribution in [2.75, 3.05) is 31.5 Å². The Bertz CT molecular complexity index is 562. The van der Waals surface area contributed by atoms with Crippen LogP contribution in [0.4, 0.5) is 5.69 Å². The molecule has 1 fully saturated rings. The maximum Gasteiger partial charge on any atom is 0.238 e. The maximum atomic E-state index is 12.0. The molecule has 1 aromatic rings. The van der Waals surface area contributed by atoms with Crippen molar-refractivity contribution >= 4 is 34.7 Å². The van der Waals surface area contributed by atoms with E-state index in [-0.39, 0.29) is 29.9 Å². The van der Waals surface area contributed by atoms with Gasteiger partial charge in [0, 0.05) is 24.3 Å². The zero-order chi connectivity index (χ0) is 15.2. The van der Waals surface area contributed by atoms with Gasteiger partial charge in [-0.15, -0.1) is 0 Å². The second-order valence-electron chi connectivity index (χ2n) is 4.91. The molecular weight excluding hydrogens is 288 g/mol. The van der Waals surface area contributed by atoms with Gasteiger partial charge in [-0.2, -0.15) is 0 Å². The normalized spacial score (nSPS) is 15.9. The lowest BCUT2D eigenvalue weighted by atomic mass is 10.2. The van der Waals surface area contributed by atoms with Crippen LogP contribution in [0.1, 0.15) is 12.0 Å². The predicted octanol–water partition coefficient (Wildman–Crippen LogP) is 0.0812. The van der Waals surface area contributed by atoms with Crippen molar-refractivity contribution in [2.45, 2.75) is 6.42 Å². The number of amides is 2. The lowest BCUT2D eigenvalue weighted by molar-refractivity contribution is -0.122. The highest BCUT2D eigenvalue weighted by atomic mass is 32.1. The molecule has 112 valence electrons. The quantitative estimate of drug-likeness (QED) is 0.686. The highest BCUT2D eigenvalue weighted by molar-refractivity contribution is 7.80. The van der Waals surface area contributed by atoms with Crippen LogP contribution in [0, 0.1) is 0 Å². The Morgan fingerprint density at radius 3 is 3.05 bits per heavy atom. The van der Waals surface area contributed by atoms with E-state index in [2.05, 4.69) is 10.6 Å². The predicted molar refractivity (Wildman–Crippen MR) is 85.0 cm³/mol. The molecule has 1 aliphatic heterocycles. The Morgan fingerprint density at radius 2 is 2.29 bits per heavy atom. The number of anilines is 1. The fourth-order valence-electron chi connectivity index (χ4n) is 2.16. The van der Waals surface area contributed by atoms with Gasteiger partial charge in [-0.1, -0.05) is 24.4 Å². The van der Waals surface area contributed by atoms with Crippen molar-refractivity contribution in [1.29, 1.82) is 0 Å². The summed E-state index contributed by atoms with van der Waals surface area (Å²) in [6.07, 6.45) is 0.843. The number of carbonyl (C=O) groups excluding carboxylic acids is 2. The molecule has 0 bridgehead atoms. The minimum absolute atomic E-state index is 0.0456. The molecule has 7 heteroatoms. The first-order valence-electron chi connectivity index (χ1n) is 6.73. The van der Waals surface area contributed by atoms with Crippen molar-refractivity contribution in [2.24, 2.45) is 5.73 Å². The smallest absolute Gasteiger partial charge is 0.238 e. The molecule has 2 rings (SSSR count). The van der Waals surface area contributed by atoms with Crippen LogP contribution in [0.5, 0.6) is 0 Å². The number of hydrogen-bond acceptors (Lipinski definition) is 4. The topological polar surface area (TPSA) is 87.5 Å². The SMILES string of the molecule is NC(=S)c1cccc(NC(=O)CN2CCCNC(=O)C2)c1. The Kier molecular flexibility index (Phi) is 5.24. The molecule has 0 atom stereocenters. The molecule has 21 heavy (non-hydrogen) atoms. The van der Waals surface area contributed by atoms with Crippen LogP contribution in [0.2, 0.25) is 0 Å². The summed E-state index contributed by atoms with van der Waals surface area (Å²) in [5, 5.41) is 5.57. The molecule has 0 spiro atoms. The van der Waals surface area contributed by atoms with E-state index in [1.165, 1.54) is 0 Å². The Balaban J connectivity index is 1.93. The van der Waals surface area contributed by atoms with E-state index in [9.17, 15) is 9.59 Å². The van der Waals surface area contributed by atoms with Gasteiger partial charge in [-0.05, 0) is 18.6 Å². The second-order valence-corrected chi connectivity index (χ2v) is 5.35. The minimum atomic E-state index is -0.162. The highest BCUT2D eigenvalue weighted by Gasteiger charge is 2.17. The molecule has 1 saturated heterocycles. The van der Waals surface area contributed by atoms with E-state index >= 15 is 0 Å². The molecule has 0 aliphatic carbocycles. The van der Waals surface area contributed by atoms with E-state index in [0.29, 0.717) is 17.8 Å². The van der Waals surface area contributed by atoms with E-state index in [1.807, 2.05) is 4.90 Å². The first-order chi connectivity index (χ1) is 10.0. The molecule has 0 aromatic heterocycles. The van der Waals surface area contributed by atoms with E-state index < -0.39 is 0 Å². The Labute approximate surface area is 128 Å². The third kappa shape index (κ3) is 4.80. The largest absolute Gasteiger partial charge is 0.389 e. The monoisotopic (exact) mass is 306 g/mol. The van der Waals surface area contributed by atoms with Crippen LogP contribution < -0.4 is 16.4 Å². The van der Waals surface area contributed by atoms with E-state index in [4.69, 9.17) is 18.0 Å². The Morgan fingerprint density at radius 1 is 1.48 bits per heavy atom. The van der Waals surface area contributed by atoms with Crippen LogP contribution in [-0.2, 0) is 9.59 Å². The molecule has 6 nitrogen and oxygen atoms in total. The number of rotatable bonds is 4. The van der Waals surface area contributed by atoms with Crippen molar-refractivity contribution in [1.82, 2.24) is 10.2 Å². The van der Waals surface area contributed by atoms with Gasteiger partial charge in [0.1, 0.15) is 4.99 Å². The second kappa shape index (κ2) is 7.14. The van der Waals surface area contributed by atoms with Crippen LogP contribution in [-0.4, -0.2) is 47.9 Å². The summed E-state index contributed by atoms with van der Waals surface area (Å²) in [6, 6.07) is 7.07. The third-order valence-electron chi connectivity index (χ3n) is 3.14. The number of nitrogens with two attached hydrogens (primary N) is 1. The van der Waals surface area contributed by atoms with Gasteiger partial charge in [0.2, 0.25) is 11.8 Å². The molecule has 2 amide bonds. The van der Waals surface area contributed by atoms with Gasteiger partial charge in [0.05, 0.1) is 13.1 Å². The molecular formula is C14H18N4O2S. The average Bonchev–Trinajstić information content (AvgIpc) is 2.63. The summed E-state index contributed by atoms with van der Waals surface area (Å²) in [5.41, 5.74) is 6.91. The number of benzene rings is 1. The van der Waals surface area contributed by atoms with E-state index in [0.717, 1.165) is 13.0 Å². The molecule has 1 aromatic carbocycles. The van der Waals surface area contributed by atoms with Gasteiger partial charge >= 0.3 is 0 Å². The fraction of sp³-hybridized carbons (Fsp3) is 0.357. The lowest BCUT2D eigenvalue weighted by Gasteiger charge is -2.17. The summed E-state index contributed by atoms with van der Waals surface area (Å²) in [5.74, 6) is -0.208. The molecule has 1 aliphatic rings. The molecule has 1 heterocycles. The first kappa shape index (κ1) is 15.4.